The normalized spacial score (nSPS) is 24.9. The van der Waals surface area contributed by atoms with Gasteiger partial charge in [0.15, 0.2) is 8.32 Å². The van der Waals surface area contributed by atoms with Crippen LogP contribution < -0.4 is 0 Å². The van der Waals surface area contributed by atoms with E-state index < -0.39 is 8.32 Å². The molecule has 0 aromatic heterocycles. The van der Waals surface area contributed by atoms with Crippen LogP contribution in [0.3, 0.4) is 0 Å². The van der Waals surface area contributed by atoms with Gasteiger partial charge in [-0.2, -0.15) is 0 Å². The molecular formula is C22H38O4Si. The van der Waals surface area contributed by atoms with Crippen molar-refractivity contribution in [3.8, 4) is 0 Å². The summed E-state index contributed by atoms with van der Waals surface area (Å²) in [6.45, 7) is 14.8. The lowest BCUT2D eigenvalue weighted by Crippen LogP contribution is -2.41. The van der Waals surface area contributed by atoms with Gasteiger partial charge in [0.25, 0.3) is 0 Å². The van der Waals surface area contributed by atoms with Crippen molar-refractivity contribution in [3.63, 3.8) is 0 Å². The molecule has 2 rings (SSSR count). The SMILES string of the molecule is C[C@H]1C[C@@H]([C@@H](CO)OCc2ccccc2)O[C@@H]1CCO[Si](C)(C)C(C)(C)C. The zero-order valence-electron chi connectivity index (χ0n) is 17.9. The van der Waals surface area contributed by atoms with Gasteiger partial charge < -0.3 is 19.0 Å². The van der Waals surface area contributed by atoms with E-state index in [-0.39, 0.29) is 30.0 Å². The van der Waals surface area contributed by atoms with Crippen LogP contribution in [0.5, 0.6) is 0 Å². The molecule has 5 heteroatoms. The van der Waals surface area contributed by atoms with Gasteiger partial charge in [0, 0.05) is 6.61 Å². The van der Waals surface area contributed by atoms with Crippen LogP contribution in [0.15, 0.2) is 30.3 Å². The Morgan fingerprint density at radius 2 is 1.89 bits per heavy atom. The van der Waals surface area contributed by atoms with E-state index >= 15 is 0 Å². The molecule has 1 aliphatic heterocycles. The van der Waals surface area contributed by atoms with Gasteiger partial charge >= 0.3 is 0 Å². The largest absolute Gasteiger partial charge is 0.417 e. The molecule has 0 radical (unpaired) electrons. The summed E-state index contributed by atoms with van der Waals surface area (Å²) < 4.78 is 18.5. The Hall–Kier alpha value is -0.723. The minimum atomic E-state index is -1.71. The van der Waals surface area contributed by atoms with Crippen molar-refractivity contribution in [1.82, 2.24) is 0 Å². The second-order valence-corrected chi connectivity index (χ2v) is 14.2. The molecule has 0 unspecified atom stereocenters. The predicted molar refractivity (Wildman–Crippen MR) is 112 cm³/mol. The van der Waals surface area contributed by atoms with E-state index in [1.54, 1.807) is 0 Å². The molecular weight excluding hydrogens is 356 g/mol. The number of aliphatic hydroxyl groups excluding tert-OH is 1. The number of hydrogen-bond acceptors (Lipinski definition) is 4. The molecule has 1 saturated heterocycles. The van der Waals surface area contributed by atoms with Crippen LogP contribution in [-0.2, 0) is 20.5 Å². The van der Waals surface area contributed by atoms with Crippen LogP contribution in [-0.4, -0.2) is 44.9 Å². The van der Waals surface area contributed by atoms with Gasteiger partial charge in [-0.25, -0.2) is 0 Å². The topological polar surface area (TPSA) is 47.9 Å². The maximum absolute atomic E-state index is 9.79. The fourth-order valence-electron chi connectivity index (χ4n) is 3.23. The van der Waals surface area contributed by atoms with Crippen LogP contribution in [0.2, 0.25) is 18.1 Å². The Morgan fingerprint density at radius 3 is 2.48 bits per heavy atom. The molecule has 4 nitrogen and oxygen atoms in total. The zero-order valence-corrected chi connectivity index (χ0v) is 18.9. The monoisotopic (exact) mass is 394 g/mol. The number of rotatable bonds is 9. The van der Waals surface area contributed by atoms with Crippen LogP contribution in [0.4, 0.5) is 0 Å². The Morgan fingerprint density at radius 1 is 1.22 bits per heavy atom. The first-order chi connectivity index (χ1) is 12.6. The first kappa shape index (κ1) is 22.6. The standard InChI is InChI=1S/C22H38O4Si/c1-17-14-20(21(15-23)24-16-18-10-8-7-9-11-18)26-19(17)12-13-25-27(5,6)22(2,3)4/h7-11,17,19-21,23H,12-16H2,1-6H3/t17-,19+,20-,21+/m0/s1. The lowest BCUT2D eigenvalue weighted by molar-refractivity contribution is -0.0969. The number of hydrogen-bond donors (Lipinski definition) is 1. The highest BCUT2D eigenvalue weighted by Crippen LogP contribution is 2.37. The predicted octanol–water partition coefficient (Wildman–Crippen LogP) is 4.77. The zero-order chi connectivity index (χ0) is 20.1. The highest BCUT2D eigenvalue weighted by molar-refractivity contribution is 6.74. The first-order valence-corrected chi connectivity index (χ1v) is 13.1. The highest BCUT2D eigenvalue weighted by Gasteiger charge is 2.39. The van der Waals surface area contributed by atoms with Gasteiger partial charge in [-0.15, -0.1) is 0 Å². The van der Waals surface area contributed by atoms with Crippen LogP contribution in [0, 0.1) is 5.92 Å². The molecule has 1 aliphatic rings. The fourth-order valence-corrected chi connectivity index (χ4v) is 4.29. The molecule has 4 atom stereocenters. The van der Waals surface area contributed by atoms with Crippen molar-refractivity contribution in [2.45, 2.75) is 83.6 Å². The lowest BCUT2D eigenvalue weighted by Gasteiger charge is -2.36. The van der Waals surface area contributed by atoms with E-state index in [0.29, 0.717) is 12.5 Å². The summed E-state index contributed by atoms with van der Waals surface area (Å²) in [5, 5.41) is 10.0. The third-order valence-corrected chi connectivity index (χ3v) is 10.7. The average molecular weight is 395 g/mol. The van der Waals surface area contributed by atoms with Crippen molar-refractivity contribution in [1.29, 1.82) is 0 Å². The second-order valence-electron chi connectivity index (χ2n) is 9.34. The first-order valence-electron chi connectivity index (χ1n) is 10.2. The van der Waals surface area contributed by atoms with E-state index in [9.17, 15) is 5.11 Å². The summed E-state index contributed by atoms with van der Waals surface area (Å²) in [5.74, 6) is 0.451. The van der Waals surface area contributed by atoms with Gasteiger partial charge in [0.1, 0.15) is 6.10 Å². The lowest BCUT2D eigenvalue weighted by atomic mass is 9.98. The highest BCUT2D eigenvalue weighted by atomic mass is 28.4. The van der Waals surface area contributed by atoms with Crippen LogP contribution in [0.1, 0.15) is 46.1 Å². The minimum absolute atomic E-state index is 0.0165. The molecule has 0 amide bonds. The number of aliphatic hydroxyl groups is 1. The third kappa shape index (κ3) is 6.40. The summed E-state index contributed by atoms with van der Waals surface area (Å²) in [4.78, 5) is 0. The van der Waals surface area contributed by atoms with Crippen LogP contribution >= 0.6 is 0 Å². The number of ether oxygens (including phenoxy) is 2. The van der Waals surface area contributed by atoms with E-state index in [2.05, 4.69) is 40.8 Å². The molecule has 0 saturated carbocycles. The molecule has 1 aromatic carbocycles. The van der Waals surface area contributed by atoms with Gasteiger partial charge in [-0.3, -0.25) is 0 Å². The third-order valence-electron chi connectivity index (χ3n) is 6.16. The summed E-state index contributed by atoms with van der Waals surface area (Å²) in [6.07, 6.45) is 1.67. The maximum atomic E-state index is 9.79. The molecule has 0 spiro atoms. The Bertz CT molecular complexity index is 555. The van der Waals surface area contributed by atoms with Crippen molar-refractivity contribution in [2.75, 3.05) is 13.2 Å². The summed E-state index contributed by atoms with van der Waals surface area (Å²) in [7, 11) is -1.71. The van der Waals surface area contributed by atoms with E-state index in [1.807, 2.05) is 30.3 Å². The van der Waals surface area contributed by atoms with E-state index in [4.69, 9.17) is 13.9 Å². The molecule has 1 fully saturated rings. The number of benzene rings is 1. The Labute approximate surface area is 166 Å². The Kier molecular flexibility index (Phi) is 8.07. The molecule has 1 aromatic rings. The molecule has 0 bridgehead atoms. The maximum Gasteiger partial charge on any atom is 0.191 e. The average Bonchev–Trinajstić information content (AvgIpc) is 2.96. The van der Waals surface area contributed by atoms with Gasteiger partial charge in [-0.05, 0) is 42.5 Å². The molecule has 1 N–H and O–H groups in total. The molecule has 154 valence electrons. The van der Waals surface area contributed by atoms with Gasteiger partial charge in [0.05, 0.1) is 25.4 Å². The summed E-state index contributed by atoms with van der Waals surface area (Å²) >= 11 is 0. The molecule has 0 aliphatic carbocycles. The molecule has 27 heavy (non-hydrogen) atoms. The smallest absolute Gasteiger partial charge is 0.191 e. The second kappa shape index (κ2) is 9.66. The molecule has 1 heterocycles. The van der Waals surface area contributed by atoms with E-state index in [0.717, 1.165) is 25.0 Å². The fraction of sp³-hybridized carbons (Fsp3) is 0.727. The van der Waals surface area contributed by atoms with Crippen molar-refractivity contribution >= 4 is 8.32 Å². The van der Waals surface area contributed by atoms with Crippen LogP contribution in [0.25, 0.3) is 0 Å². The van der Waals surface area contributed by atoms with E-state index in [1.165, 1.54) is 0 Å². The minimum Gasteiger partial charge on any atom is -0.417 e. The van der Waals surface area contributed by atoms with Crippen molar-refractivity contribution in [2.24, 2.45) is 5.92 Å². The quantitative estimate of drug-likeness (QED) is 0.613. The van der Waals surface area contributed by atoms with Gasteiger partial charge in [-0.1, -0.05) is 58.0 Å². The Balaban J connectivity index is 1.81. The van der Waals surface area contributed by atoms with Gasteiger partial charge in [0.2, 0.25) is 0 Å². The summed E-state index contributed by atoms with van der Waals surface area (Å²) in [6, 6.07) is 10.1. The van der Waals surface area contributed by atoms with Crippen molar-refractivity contribution < 1.29 is 19.0 Å². The summed E-state index contributed by atoms with van der Waals surface area (Å²) in [5.41, 5.74) is 1.11. The van der Waals surface area contributed by atoms with Crippen molar-refractivity contribution in [3.05, 3.63) is 35.9 Å².